The molecule has 0 aromatic heterocycles. The van der Waals surface area contributed by atoms with Crippen molar-refractivity contribution in [1.82, 2.24) is 0 Å². The third-order valence-electron chi connectivity index (χ3n) is 1.33. The third kappa shape index (κ3) is 2.23. The molecule has 64 valence electrons. The lowest BCUT2D eigenvalue weighted by molar-refractivity contribution is 0.0679. The largest absolute Gasteiger partial charge is 0.300 e. The Kier molecular flexibility index (Phi) is 3.13. The average Bonchev–Trinajstić information content (AvgIpc) is 2.04. The molecule has 1 nitrogen and oxygen atoms in total. The highest BCUT2D eigenvalue weighted by Gasteiger charge is 2.16. The predicted molar refractivity (Wildman–Crippen MR) is 49.5 cm³/mol. The molecule has 0 N–H and O–H groups in total. The first-order valence-electron chi connectivity index (χ1n) is 3.19. The molecule has 1 rings (SSSR count). The van der Waals surface area contributed by atoms with Gasteiger partial charge < -0.3 is 0 Å². The zero-order valence-corrected chi connectivity index (χ0v) is 8.09. The fraction of sp³-hybridized carbons (Fsp3) is 0.125. The summed E-state index contributed by atoms with van der Waals surface area (Å²) in [7, 11) is 0. The predicted octanol–water partition coefficient (Wildman–Crippen LogP) is 2.74. The molecule has 4 heteroatoms. The van der Waals surface area contributed by atoms with Gasteiger partial charge in [0.1, 0.15) is 0 Å². The molecule has 1 aromatic carbocycles. The Morgan fingerprint density at radius 2 is 1.75 bits per heavy atom. The summed E-state index contributed by atoms with van der Waals surface area (Å²) in [5.41, 5.74) is 0.0606. The molecule has 0 amide bonds. The molecule has 0 aliphatic carbocycles. The smallest absolute Gasteiger partial charge is 0.288 e. The number of hydrogen-bond donors (Lipinski definition) is 0. The topological polar surface area (TPSA) is 17.1 Å². The summed E-state index contributed by atoms with van der Waals surface area (Å²) < 4.78 is 24.6. The van der Waals surface area contributed by atoms with Gasteiger partial charge in [0.05, 0.1) is 0 Å². The van der Waals surface area contributed by atoms with Crippen LogP contribution in [-0.4, -0.2) is 12.2 Å². The second kappa shape index (κ2) is 3.93. The van der Waals surface area contributed by atoms with Crippen molar-refractivity contribution in [1.29, 1.82) is 0 Å². The molecule has 0 fully saturated rings. The van der Waals surface area contributed by atoms with Gasteiger partial charge in [0, 0.05) is 9.13 Å². The van der Waals surface area contributed by atoms with E-state index in [-0.39, 0.29) is 5.56 Å². The summed E-state index contributed by atoms with van der Waals surface area (Å²) in [4.78, 5) is 10.7. The van der Waals surface area contributed by atoms with E-state index in [2.05, 4.69) is 0 Å². The number of alkyl halides is 2. The number of Topliss-reactive ketones (excluding diaryl/α,β-unsaturated/α-hetero) is 1. The molecular formula is C8H5F2IO. The van der Waals surface area contributed by atoms with Crippen molar-refractivity contribution in [3.8, 4) is 0 Å². The number of rotatable bonds is 2. The summed E-state index contributed by atoms with van der Waals surface area (Å²) in [6.07, 6.45) is -2.91. The molecule has 0 heterocycles. The molecule has 0 aliphatic rings. The Morgan fingerprint density at radius 1 is 1.25 bits per heavy atom. The van der Waals surface area contributed by atoms with Crippen molar-refractivity contribution in [3.05, 3.63) is 33.4 Å². The molecule has 0 saturated carbocycles. The van der Waals surface area contributed by atoms with E-state index in [4.69, 9.17) is 0 Å². The Labute approximate surface area is 81.9 Å². The number of ketones is 1. The van der Waals surface area contributed by atoms with Crippen molar-refractivity contribution in [2.24, 2.45) is 0 Å². The third-order valence-corrected chi connectivity index (χ3v) is 2.05. The zero-order chi connectivity index (χ0) is 9.14. The van der Waals surface area contributed by atoms with E-state index in [9.17, 15) is 13.6 Å². The van der Waals surface area contributed by atoms with Crippen LogP contribution in [-0.2, 0) is 0 Å². The standard InChI is InChI=1S/C8H5F2IO/c9-8(10)7(12)5-1-3-6(11)4-2-5/h1-4,8H. The highest BCUT2D eigenvalue weighted by Crippen LogP contribution is 2.10. The van der Waals surface area contributed by atoms with Gasteiger partial charge in [-0.15, -0.1) is 0 Å². The van der Waals surface area contributed by atoms with E-state index in [1.165, 1.54) is 12.1 Å². The van der Waals surface area contributed by atoms with Crippen LogP contribution in [0.15, 0.2) is 24.3 Å². The van der Waals surface area contributed by atoms with Crippen molar-refractivity contribution >= 4 is 28.4 Å². The molecule has 0 atom stereocenters. The fourth-order valence-electron chi connectivity index (χ4n) is 0.740. The highest BCUT2D eigenvalue weighted by molar-refractivity contribution is 14.1. The molecule has 1 aromatic rings. The van der Waals surface area contributed by atoms with E-state index < -0.39 is 12.2 Å². The van der Waals surface area contributed by atoms with E-state index in [1.807, 2.05) is 22.6 Å². The van der Waals surface area contributed by atoms with Crippen LogP contribution in [0.3, 0.4) is 0 Å². The van der Waals surface area contributed by atoms with Gasteiger partial charge in [-0.2, -0.15) is 0 Å². The minimum absolute atomic E-state index is 0.0606. The van der Waals surface area contributed by atoms with Crippen LogP contribution in [0.1, 0.15) is 10.4 Å². The van der Waals surface area contributed by atoms with E-state index in [0.29, 0.717) is 0 Å². The second-order valence-electron chi connectivity index (χ2n) is 2.17. The van der Waals surface area contributed by atoms with Crippen LogP contribution in [0.5, 0.6) is 0 Å². The zero-order valence-electron chi connectivity index (χ0n) is 5.93. The lowest BCUT2D eigenvalue weighted by atomic mass is 10.1. The molecule has 0 radical (unpaired) electrons. The van der Waals surface area contributed by atoms with Crippen molar-refractivity contribution in [2.45, 2.75) is 6.43 Å². The van der Waals surface area contributed by atoms with Gasteiger partial charge in [0.15, 0.2) is 0 Å². The van der Waals surface area contributed by atoms with Gasteiger partial charge in [-0.1, -0.05) is 12.1 Å². The summed E-state index contributed by atoms with van der Waals surface area (Å²) in [6.45, 7) is 0. The van der Waals surface area contributed by atoms with E-state index in [1.54, 1.807) is 12.1 Å². The molecule has 12 heavy (non-hydrogen) atoms. The van der Waals surface area contributed by atoms with Gasteiger partial charge in [-0.25, -0.2) is 8.78 Å². The number of hydrogen-bond acceptors (Lipinski definition) is 1. The number of carbonyl (C=O) groups is 1. The van der Waals surface area contributed by atoms with Crippen molar-refractivity contribution in [3.63, 3.8) is 0 Å². The Hall–Kier alpha value is -0.520. The SMILES string of the molecule is O=C(c1ccc(I)cc1)C(F)F. The molecular weight excluding hydrogens is 277 g/mol. The molecule has 0 aliphatic heterocycles. The summed E-state index contributed by atoms with van der Waals surface area (Å²) in [6, 6.07) is 6.04. The first-order valence-corrected chi connectivity index (χ1v) is 4.27. The minimum Gasteiger partial charge on any atom is -0.288 e. The van der Waals surface area contributed by atoms with Gasteiger partial charge >= 0.3 is 6.43 Å². The highest BCUT2D eigenvalue weighted by atomic mass is 127. The normalized spacial score (nSPS) is 10.3. The lowest BCUT2D eigenvalue weighted by Crippen LogP contribution is -2.09. The van der Waals surface area contributed by atoms with Crippen LogP contribution in [0, 0.1) is 3.57 Å². The first-order chi connectivity index (χ1) is 5.61. The van der Waals surface area contributed by atoms with Crippen LogP contribution in [0.2, 0.25) is 0 Å². The summed E-state index contributed by atoms with van der Waals surface area (Å²) in [5.74, 6) is -1.12. The Bertz CT molecular complexity index is 282. The molecule has 0 spiro atoms. The van der Waals surface area contributed by atoms with Crippen LogP contribution < -0.4 is 0 Å². The molecule has 0 unspecified atom stereocenters. The first kappa shape index (κ1) is 9.57. The number of halogens is 3. The maximum atomic E-state index is 11.9. The number of carbonyl (C=O) groups excluding carboxylic acids is 1. The van der Waals surface area contributed by atoms with Crippen molar-refractivity contribution < 1.29 is 13.6 Å². The monoisotopic (exact) mass is 282 g/mol. The molecule has 0 saturated heterocycles. The minimum atomic E-state index is -2.91. The quantitative estimate of drug-likeness (QED) is 0.602. The average molecular weight is 282 g/mol. The Balaban J connectivity index is 2.90. The van der Waals surface area contributed by atoms with Crippen molar-refractivity contribution in [2.75, 3.05) is 0 Å². The van der Waals surface area contributed by atoms with Gasteiger partial charge in [-0.05, 0) is 34.7 Å². The second-order valence-corrected chi connectivity index (χ2v) is 3.42. The lowest BCUT2D eigenvalue weighted by Gasteiger charge is -1.98. The number of benzene rings is 1. The van der Waals surface area contributed by atoms with Gasteiger partial charge in [-0.3, -0.25) is 4.79 Å². The molecule has 0 bridgehead atoms. The summed E-state index contributed by atoms with van der Waals surface area (Å²) >= 11 is 2.04. The van der Waals surface area contributed by atoms with Crippen LogP contribution >= 0.6 is 22.6 Å². The summed E-state index contributed by atoms with van der Waals surface area (Å²) in [5, 5.41) is 0. The maximum Gasteiger partial charge on any atom is 0.300 e. The Morgan fingerprint density at radius 3 is 2.17 bits per heavy atom. The van der Waals surface area contributed by atoms with Gasteiger partial charge in [0.25, 0.3) is 0 Å². The van der Waals surface area contributed by atoms with Crippen LogP contribution in [0.4, 0.5) is 8.78 Å². The van der Waals surface area contributed by atoms with Crippen LogP contribution in [0.25, 0.3) is 0 Å². The van der Waals surface area contributed by atoms with Gasteiger partial charge in [0.2, 0.25) is 5.78 Å². The fourth-order valence-corrected chi connectivity index (χ4v) is 1.10. The maximum absolute atomic E-state index is 11.9. The van der Waals surface area contributed by atoms with E-state index in [0.717, 1.165) is 3.57 Å². The van der Waals surface area contributed by atoms with E-state index >= 15 is 0 Å².